The van der Waals surface area contributed by atoms with Gasteiger partial charge in [-0.15, -0.1) is 0 Å². The van der Waals surface area contributed by atoms with Crippen LogP contribution in [0.15, 0.2) is 47.4 Å². The maximum absolute atomic E-state index is 12.9. The van der Waals surface area contributed by atoms with E-state index in [2.05, 4.69) is 26.1 Å². The maximum Gasteiger partial charge on any atom is 0.294 e. The molecule has 1 N–H and O–H groups in total. The van der Waals surface area contributed by atoms with E-state index >= 15 is 0 Å². The Morgan fingerprint density at radius 2 is 1.80 bits per heavy atom. The van der Waals surface area contributed by atoms with Crippen LogP contribution in [0.2, 0.25) is 0 Å². The molecule has 0 bridgehead atoms. The van der Waals surface area contributed by atoms with Crippen molar-refractivity contribution in [1.82, 2.24) is 4.90 Å². The molecule has 35 heavy (non-hydrogen) atoms. The number of nitrogens with zero attached hydrogens (tertiary/aromatic N) is 1. The Labute approximate surface area is 210 Å². The quantitative estimate of drug-likeness (QED) is 0.301. The van der Waals surface area contributed by atoms with Crippen molar-refractivity contribution in [2.75, 3.05) is 25.1 Å². The third kappa shape index (κ3) is 7.11. The average molecular weight is 497 g/mol. The molecule has 7 nitrogen and oxygen atoms in total. The molecule has 3 amide bonds. The summed E-state index contributed by atoms with van der Waals surface area (Å²) < 4.78 is 11.5. The normalized spacial score (nSPS) is 14.7. The number of rotatable bonds is 11. The summed E-state index contributed by atoms with van der Waals surface area (Å²) in [6, 6.07) is 12.9. The van der Waals surface area contributed by atoms with Crippen molar-refractivity contribution in [2.45, 2.75) is 46.5 Å². The van der Waals surface area contributed by atoms with Crippen LogP contribution in [0.5, 0.6) is 11.5 Å². The highest BCUT2D eigenvalue weighted by Crippen LogP contribution is 2.34. The van der Waals surface area contributed by atoms with Gasteiger partial charge in [0.15, 0.2) is 11.5 Å². The number of ether oxygens (including phenoxy) is 2. The van der Waals surface area contributed by atoms with Gasteiger partial charge in [-0.1, -0.05) is 45.4 Å². The summed E-state index contributed by atoms with van der Waals surface area (Å²) in [4.78, 5) is 39.0. The van der Waals surface area contributed by atoms with Gasteiger partial charge in [0.1, 0.15) is 6.54 Å². The standard InChI is InChI=1S/C27H32N2O5S/c1-5-7-14-34-22-13-8-19(15-23(22)33-6-2)16-24-26(31)29(27(32)35-24)17-25(30)28-21-11-9-20(10-12-21)18(3)4/h8-13,15-16,18H,5-7,14,17H2,1-4H3,(H,28,30)/b24-16-. The predicted octanol–water partition coefficient (Wildman–Crippen LogP) is 6.06. The summed E-state index contributed by atoms with van der Waals surface area (Å²) in [5.74, 6) is 0.684. The first kappa shape index (κ1) is 26.3. The number of imide groups is 1. The van der Waals surface area contributed by atoms with Crippen molar-refractivity contribution in [3.8, 4) is 11.5 Å². The Bertz CT molecular complexity index is 1100. The smallest absolute Gasteiger partial charge is 0.294 e. The van der Waals surface area contributed by atoms with Crippen LogP contribution < -0.4 is 14.8 Å². The highest BCUT2D eigenvalue weighted by atomic mass is 32.2. The lowest BCUT2D eigenvalue weighted by Crippen LogP contribution is -2.36. The number of amides is 3. The molecule has 0 aliphatic carbocycles. The van der Waals surface area contributed by atoms with Crippen LogP contribution in [0.4, 0.5) is 10.5 Å². The van der Waals surface area contributed by atoms with E-state index < -0.39 is 17.1 Å². The third-order valence-electron chi connectivity index (χ3n) is 5.36. The molecule has 0 radical (unpaired) electrons. The molecule has 1 fully saturated rings. The number of hydrogen-bond donors (Lipinski definition) is 1. The number of unbranched alkanes of at least 4 members (excludes halogenated alkanes) is 1. The van der Waals surface area contributed by atoms with Crippen LogP contribution in [0, 0.1) is 0 Å². The molecule has 8 heteroatoms. The monoisotopic (exact) mass is 496 g/mol. The minimum Gasteiger partial charge on any atom is -0.490 e. The zero-order valence-electron chi connectivity index (χ0n) is 20.6. The first-order valence-corrected chi connectivity index (χ1v) is 12.7. The van der Waals surface area contributed by atoms with Gasteiger partial charge in [-0.3, -0.25) is 19.3 Å². The Balaban J connectivity index is 1.67. The SMILES string of the molecule is CCCCOc1ccc(/C=C2\SC(=O)N(CC(=O)Nc3ccc(C(C)C)cc3)C2=O)cc1OCC. The molecule has 1 heterocycles. The van der Waals surface area contributed by atoms with Crippen molar-refractivity contribution in [3.05, 3.63) is 58.5 Å². The first-order valence-electron chi connectivity index (χ1n) is 11.9. The lowest BCUT2D eigenvalue weighted by molar-refractivity contribution is -0.127. The minimum absolute atomic E-state index is 0.256. The number of thioether (sulfide) groups is 1. The number of anilines is 1. The Hall–Kier alpha value is -3.26. The van der Waals surface area contributed by atoms with Crippen molar-refractivity contribution in [3.63, 3.8) is 0 Å². The van der Waals surface area contributed by atoms with Gasteiger partial charge in [0.05, 0.1) is 18.1 Å². The van der Waals surface area contributed by atoms with E-state index in [-0.39, 0.29) is 11.4 Å². The second-order valence-electron chi connectivity index (χ2n) is 8.43. The van der Waals surface area contributed by atoms with Crippen molar-refractivity contribution < 1.29 is 23.9 Å². The summed E-state index contributed by atoms with van der Waals surface area (Å²) in [6.45, 7) is 8.89. The lowest BCUT2D eigenvalue weighted by atomic mass is 10.0. The van der Waals surface area contributed by atoms with Gasteiger partial charge in [-0.2, -0.15) is 0 Å². The number of carbonyl (C=O) groups excluding carboxylic acids is 3. The number of nitrogens with one attached hydrogen (secondary N) is 1. The zero-order valence-corrected chi connectivity index (χ0v) is 21.4. The number of hydrogen-bond acceptors (Lipinski definition) is 6. The third-order valence-corrected chi connectivity index (χ3v) is 6.26. The molecule has 0 atom stereocenters. The molecule has 2 aromatic rings. The predicted molar refractivity (Wildman–Crippen MR) is 140 cm³/mol. The second kappa shape index (κ2) is 12.4. The maximum atomic E-state index is 12.9. The largest absolute Gasteiger partial charge is 0.490 e. The highest BCUT2D eigenvalue weighted by Gasteiger charge is 2.36. The molecular weight excluding hydrogens is 464 g/mol. The van der Waals surface area contributed by atoms with E-state index in [1.165, 1.54) is 0 Å². The van der Waals surface area contributed by atoms with Gasteiger partial charge in [0.25, 0.3) is 11.1 Å². The molecule has 1 aliphatic rings. The van der Waals surface area contributed by atoms with Crippen LogP contribution in [0.1, 0.15) is 57.6 Å². The van der Waals surface area contributed by atoms with Gasteiger partial charge in [0, 0.05) is 5.69 Å². The molecule has 1 aliphatic heterocycles. The van der Waals surface area contributed by atoms with Crippen LogP contribution in [0.3, 0.4) is 0 Å². The van der Waals surface area contributed by atoms with Crippen LogP contribution in [-0.2, 0) is 9.59 Å². The summed E-state index contributed by atoms with van der Waals surface area (Å²) in [5, 5.41) is 2.27. The van der Waals surface area contributed by atoms with E-state index in [0.29, 0.717) is 41.9 Å². The lowest BCUT2D eigenvalue weighted by Gasteiger charge is -2.13. The fraction of sp³-hybridized carbons (Fsp3) is 0.370. The molecule has 0 spiro atoms. The van der Waals surface area contributed by atoms with Crippen molar-refractivity contribution >= 4 is 40.6 Å². The zero-order chi connectivity index (χ0) is 25.4. The van der Waals surface area contributed by atoms with Gasteiger partial charge >= 0.3 is 0 Å². The van der Waals surface area contributed by atoms with Gasteiger partial charge in [0.2, 0.25) is 5.91 Å². The number of benzene rings is 2. The van der Waals surface area contributed by atoms with E-state index in [4.69, 9.17) is 9.47 Å². The summed E-state index contributed by atoms with van der Waals surface area (Å²) >= 11 is 0.817. The average Bonchev–Trinajstić information content (AvgIpc) is 3.08. The Morgan fingerprint density at radius 1 is 1.06 bits per heavy atom. The van der Waals surface area contributed by atoms with Crippen LogP contribution >= 0.6 is 11.8 Å². The van der Waals surface area contributed by atoms with Gasteiger partial charge in [-0.05, 0) is 72.5 Å². The fourth-order valence-corrected chi connectivity index (χ4v) is 4.25. The van der Waals surface area contributed by atoms with E-state index in [1.807, 2.05) is 37.3 Å². The Morgan fingerprint density at radius 3 is 2.46 bits per heavy atom. The molecule has 0 saturated carbocycles. The molecule has 0 unspecified atom stereocenters. The second-order valence-corrected chi connectivity index (χ2v) is 9.43. The van der Waals surface area contributed by atoms with Crippen LogP contribution in [-0.4, -0.2) is 41.7 Å². The molecule has 3 rings (SSSR count). The van der Waals surface area contributed by atoms with Gasteiger partial charge in [-0.25, -0.2) is 0 Å². The Kier molecular flexibility index (Phi) is 9.37. The molecule has 2 aromatic carbocycles. The summed E-state index contributed by atoms with van der Waals surface area (Å²) in [6.07, 6.45) is 3.60. The van der Waals surface area contributed by atoms with Crippen LogP contribution in [0.25, 0.3) is 6.08 Å². The summed E-state index contributed by atoms with van der Waals surface area (Å²) in [7, 11) is 0. The number of carbonyl (C=O) groups is 3. The van der Waals surface area contributed by atoms with Crippen molar-refractivity contribution in [1.29, 1.82) is 0 Å². The first-order chi connectivity index (χ1) is 16.8. The van der Waals surface area contributed by atoms with E-state index in [0.717, 1.165) is 35.1 Å². The van der Waals surface area contributed by atoms with E-state index in [9.17, 15) is 14.4 Å². The molecular formula is C27H32N2O5S. The topological polar surface area (TPSA) is 84.9 Å². The van der Waals surface area contributed by atoms with E-state index in [1.54, 1.807) is 18.2 Å². The summed E-state index contributed by atoms with van der Waals surface area (Å²) in [5.41, 5.74) is 2.48. The van der Waals surface area contributed by atoms with Crippen molar-refractivity contribution in [2.24, 2.45) is 0 Å². The molecule has 0 aromatic heterocycles. The molecule has 1 saturated heterocycles. The highest BCUT2D eigenvalue weighted by molar-refractivity contribution is 8.18. The minimum atomic E-state index is -0.494. The van der Waals surface area contributed by atoms with Gasteiger partial charge < -0.3 is 14.8 Å². The molecule has 186 valence electrons. The fourth-order valence-electron chi connectivity index (χ4n) is 3.41.